The molecule has 168 valence electrons. The number of anilines is 2. The summed E-state index contributed by atoms with van der Waals surface area (Å²) in [5, 5.41) is 3.06. The van der Waals surface area contributed by atoms with Gasteiger partial charge in [0, 0.05) is 22.9 Å². The lowest BCUT2D eigenvalue weighted by molar-refractivity contribution is -0.135. The molecular formula is C26H25N3O4. The lowest BCUT2D eigenvalue weighted by atomic mass is 9.75. The maximum Gasteiger partial charge on any atom is 0.250 e. The Bertz CT molecular complexity index is 1270. The number of imide groups is 1. The standard InChI is InChI=1S/C26H25N3O4/c1-13-11-14(2)22-18(12-13)26(25(33)27-22)21-20(19-5-4-10-28(19)26)23(31)29(24(21)32)17-8-6-16(7-9-17)15(3)30/h6-9,11-12,19-21H,4-5,10H2,1-3H3,(H,27,33)/t19-,20+,21-,26+/m0/s1. The van der Waals surface area contributed by atoms with Crippen molar-refractivity contribution in [3.63, 3.8) is 0 Å². The van der Waals surface area contributed by atoms with Gasteiger partial charge in [-0.05, 0) is 70.0 Å². The van der Waals surface area contributed by atoms with E-state index >= 15 is 0 Å². The quantitative estimate of drug-likeness (QED) is 0.570. The lowest BCUT2D eigenvalue weighted by Gasteiger charge is -2.36. The summed E-state index contributed by atoms with van der Waals surface area (Å²) in [6, 6.07) is 10.4. The molecule has 3 amide bonds. The van der Waals surface area contributed by atoms with Crippen molar-refractivity contribution in [1.82, 2.24) is 4.90 Å². The van der Waals surface area contributed by atoms with Crippen LogP contribution in [0.1, 0.15) is 46.8 Å². The van der Waals surface area contributed by atoms with Crippen LogP contribution in [0.5, 0.6) is 0 Å². The van der Waals surface area contributed by atoms with Gasteiger partial charge in [-0.1, -0.05) is 17.7 Å². The van der Waals surface area contributed by atoms with E-state index in [1.54, 1.807) is 24.3 Å². The number of carbonyl (C=O) groups excluding carboxylic acids is 4. The van der Waals surface area contributed by atoms with Gasteiger partial charge in [-0.25, -0.2) is 4.90 Å². The van der Waals surface area contributed by atoms with E-state index in [9.17, 15) is 19.2 Å². The molecule has 3 saturated heterocycles. The molecule has 0 aromatic heterocycles. The largest absolute Gasteiger partial charge is 0.324 e. The van der Waals surface area contributed by atoms with Gasteiger partial charge in [0.2, 0.25) is 17.7 Å². The van der Waals surface area contributed by atoms with E-state index in [1.807, 2.05) is 26.0 Å². The van der Waals surface area contributed by atoms with Crippen LogP contribution in [0.3, 0.4) is 0 Å². The van der Waals surface area contributed by atoms with Crippen molar-refractivity contribution in [1.29, 1.82) is 0 Å². The minimum absolute atomic E-state index is 0.0805. The number of carbonyl (C=O) groups is 4. The Morgan fingerprint density at radius 2 is 1.79 bits per heavy atom. The number of fused-ring (bicyclic) bond motifs is 7. The molecule has 4 heterocycles. The summed E-state index contributed by atoms with van der Waals surface area (Å²) in [5.41, 5.74) is 3.37. The number of amides is 3. The zero-order valence-corrected chi connectivity index (χ0v) is 18.8. The van der Waals surface area contributed by atoms with Gasteiger partial charge in [0.05, 0.1) is 17.5 Å². The van der Waals surface area contributed by atoms with Crippen molar-refractivity contribution in [2.45, 2.75) is 45.2 Å². The first-order chi connectivity index (χ1) is 15.8. The summed E-state index contributed by atoms with van der Waals surface area (Å²) in [6.07, 6.45) is 1.67. The Hall–Kier alpha value is -3.32. The number of hydrogen-bond acceptors (Lipinski definition) is 5. The molecule has 6 rings (SSSR count). The van der Waals surface area contributed by atoms with Gasteiger partial charge < -0.3 is 5.32 Å². The Balaban J connectivity index is 1.53. The van der Waals surface area contributed by atoms with Crippen molar-refractivity contribution >= 4 is 34.9 Å². The second-order valence-corrected chi connectivity index (χ2v) is 9.75. The predicted molar refractivity (Wildman–Crippen MR) is 122 cm³/mol. The smallest absolute Gasteiger partial charge is 0.250 e. The minimum atomic E-state index is -1.17. The Kier molecular flexibility index (Phi) is 4.06. The zero-order chi connectivity index (χ0) is 23.2. The summed E-state index contributed by atoms with van der Waals surface area (Å²) in [6.45, 7) is 6.11. The molecular weight excluding hydrogens is 418 g/mol. The molecule has 33 heavy (non-hydrogen) atoms. The molecule has 0 unspecified atom stereocenters. The summed E-state index contributed by atoms with van der Waals surface area (Å²) < 4.78 is 0. The number of aryl methyl sites for hydroxylation is 2. The molecule has 4 atom stereocenters. The first kappa shape index (κ1) is 20.3. The predicted octanol–water partition coefficient (Wildman–Crippen LogP) is 2.94. The number of ketones is 1. The van der Waals surface area contributed by atoms with Crippen LogP contribution in [0.4, 0.5) is 11.4 Å². The highest BCUT2D eigenvalue weighted by molar-refractivity contribution is 6.26. The molecule has 4 aliphatic heterocycles. The van der Waals surface area contributed by atoms with Crippen LogP contribution >= 0.6 is 0 Å². The maximum atomic E-state index is 14.0. The normalized spacial score (nSPS) is 30.1. The van der Waals surface area contributed by atoms with E-state index in [4.69, 9.17) is 0 Å². The van der Waals surface area contributed by atoms with E-state index in [1.165, 1.54) is 11.8 Å². The molecule has 2 aromatic carbocycles. The zero-order valence-electron chi connectivity index (χ0n) is 18.8. The molecule has 4 aliphatic rings. The molecule has 2 aromatic rings. The van der Waals surface area contributed by atoms with Crippen LogP contribution in [-0.2, 0) is 19.9 Å². The van der Waals surface area contributed by atoms with Crippen molar-refractivity contribution in [2.75, 3.05) is 16.8 Å². The van der Waals surface area contributed by atoms with Crippen molar-refractivity contribution < 1.29 is 19.2 Å². The molecule has 0 aliphatic carbocycles. The number of Topliss-reactive ketones (excluding diaryl/α,β-unsaturated/α-hetero) is 1. The first-order valence-electron chi connectivity index (χ1n) is 11.5. The molecule has 0 saturated carbocycles. The van der Waals surface area contributed by atoms with Crippen LogP contribution in [0.15, 0.2) is 36.4 Å². The van der Waals surface area contributed by atoms with Crippen LogP contribution in [0, 0.1) is 25.7 Å². The third-order valence-electron chi connectivity index (χ3n) is 7.98. The van der Waals surface area contributed by atoms with Crippen LogP contribution in [0.2, 0.25) is 0 Å². The van der Waals surface area contributed by atoms with E-state index in [0.29, 0.717) is 17.8 Å². The Labute approximate surface area is 191 Å². The van der Waals surface area contributed by atoms with E-state index in [-0.39, 0.29) is 29.5 Å². The van der Waals surface area contributed by atoms with E-state index in [0.717, 1.165) is 35.2 Å². The highest BCUT2D eigenvalue weighted by Gasteiger charge is 2.74. The Morgan fingerprint density at radius 3 is 2.48 bits per heavy atom. The highest BCUT2D eigenvalue weighted by Crippen LogP contribution is 2.61. The van der Waals surface area contributed by atoms with Crippen LogP contribution < -0.4 is 10.2 Å². The fraction of sp³-hybridized carbons (Fsp3) is 0.385. The fourth-order valence-electron chi connectivity index (χ4n) is 6.76. The summed E-state index contributed by atoms with van der Waals surface area (Å²) >= 11 is 0. The molecule has 1 spiro atoms. The van der Waals surface area contributed by atoms with Crippen LogP contribution in [-0.4, -0.2) is 41.0 Å². The van der Waals surface area contributed by atoms with E-state index < -0.39 is 17.4 Å². The summed E-state index contributed by atoms with van der Waals surface area (Å²) in [7, 11) is 0. The van der Waals surface area contributed by atoms with Gasteiger partial charge in [-0.15, -0.1) is 0 Å². The fourth-order valence-corrected chi connectivity index (χ4v) is 6.76. The number of nitrogens with one attached hydrogen (secondary N) is 1. The minimum Gasteiger partial charge on any atom is -0.324 e. The molecule has 0 radical (unpaired) electrons. The summed E-state index contributed by atoms with van der Waals surface area (Å²) in [5.74, 6) is -2.21. The van der Waals surface area contributed by atoms with Crippen molar-refractivity contribution in [3.8, 4) is 0 Å². The van der Waals surface area contributed by atoms with Gasteiger partial charge in [0.1, 0.15) is 5.54 Å². The molecule has 3 fully saturated rings. The Morgan fingerprint density at radius 1 is 1.06 bits per heavy atom. The molecule has 7 heteroatoms. The van der Waals surface area contributed by atoms with Crippen molar-refractivity contribution in [3.05, 3.63) is 58.7 Å². The SMILES string of the molecule is CC(=O)c1ccc(N2C(=O)[C@H]3[C@@H](C2=O)[C@]2(C(=O)Nc4c(C)cc(C)cc42)N2CCC[C@@H]32)cc1. The average molecular weight is 444 g/mol. The van der Waals surface area contributed by atoms with E-state index in [2.05, 4.69) is 10.2 Å². The van der Waals surface area contributed by atoms with Gasteiger partial charge in [-0.2, -0.15) is 0 Å². The number of benzene rings is 2. The number of rotatable bonds is 2. The second-order valence-electron chi connectivity index (χ2n) is 9.75. The van der Waals surface area contributed by atoms with Gasteiger partial charge in [0.15, 0.2) is 5.78 Å². The summed E-state index contributed by atoms with van der Waals surface area (Å²) in [4.78, 5) is 56.5. The van der Waals surface area contributed by atoms with Gasteiger partial charge >= 0.3 is 0 Å². The molecule has 7 nitrogen and oxygen atoms in total. The number of hydrogen-bond donors (Lipinski definition) is 1. The molecule has 1 N–H and O–H groups in total. The average Bonchev–Trinajstić information content (AvgIpc) is 3.47. The third kappa shape index (κ3) is 2.38. The maximum absolute atomic E-state index is 14.0. The highest BCUT2D eigenvalue weighted by atomic mass is 16.2. The second kappa shape index (κ2) is 6.60. The first-order valence-corrected chi connectivity index (χ1v) is 11.5. The lowest BCUT2D eigenvalue weighted by Crippen LogP contribution is -2.54. The molecule has 0 bridgehead atoms. The monoisotopic (exact) mass is 443 g/mol. The van der Waals surface area contributed by atoms with Crippen LogP contribution in [0.25, 0.3) is 0 Å². The number of nitrogens with zero attached hydrogens (tertiary/aromatic N) is 2. The van der Waals surface area contributed by atoms with Gasteiger partial charge in [0.25, 0.3) is 0 Å². The van der Waals surface area contributed by atoms with Crippen molar-refractivity contribution in [2.24, 2.45) is 11.8 Å². The topological polar surface area (TPSA) is 86.8 Å². The van der Waals surface area contributed by atoms with Gasteiger partial charge in [-0.3, -0.25) is 24.1 Å². The third-order valence-corrected chi connectivity index (χ3v) is 7.98.